The van der Waals surface area contributed by atoms with Crippen molar-refractivity contribution in [1.29, 1.82) is 0 Å². The molecule has 0 aromatic rings. The number of nitrogens with zero attached hydrogens (tertiary/aromatic N) is 1. The Hall–Kier alpha value is -0.610. The predicted octanol–water partition coefficient (Wildman–Crippen LogP) is 1.01. The highest BCUT2D eigenvalue weighted by molar-refractivity contribution is 5.77. The summed E-state index contributed by atoms with van der Waals surface area (Å²) in [6.07, 6.45) is 2.81. The number of amides is 1. The molecule has 0 saturated carbocycles. The molecule has 0 aliphatic carbocycles. The summed E-state index contributed by atoms with van der Waals surface area (Å²) in [5.74, 6) is 0.322. The van der Waals surface area contributed by atoms with Gasteiger partial charge < -0.3 is 15.0 Å². The number of carbonyl (C=O) groups is 1. The fourth-order valence-corrected chi connectivity index (χ4v) is 1.91. The summed E-state index contributed by atoms with van der Waals surface area (Å²) in [4.78, 5) is 13.3. The zero-order chi connectivity index (χ0) is 11.8. The average molecular weight is 228 g/mol. The molecule has 94 valence electrons. The van der Waals surface area contributed by atoms with Crippen LogP contribution in [0, 0.1) is 0 Å². The molecule has 0 radical (unpaired) electrons. The van der Waals surface area contributed by atoms with Crippen LogP contribution in [0.4, 0.5) is 0 Å². The van der Waals surface area contributed by atoms with E-state index in [0.29, 0.717) is 11.9 Å². The smallest absolute Gasteiger partial charge is 0.222 e. The molecule has 1 saturated heterocycles. The molecule has 0 bridgehead atoms. The Morgan fingerprint density at radius 2 is 2.38 bits per heavy atom. The molecular weight excluding hydrogens is 204 g/mol. The third-order valence-corrected chi connectivity index (χ3v) is 2.84. The van der Waals surface area contributed by atoms with Crippen LogP contribution in [-0.4, -0.2) is 49.7 Å². The first kappa shape index (κ1) is 13.5. The second-order valence-corrected chi connectivity index (χ2v) is 4.35. The second-order valence-electron chi connectivity index (χ2n) is 4.35. The van der Waals surface area contributed by atoms with Crippen LogP contribution in [0.2, 0.25) is 0 Å². The number of likely N-dealkylation sites (tertiary alicyclic amines) is 1. The minimum atomic E-state index is 0.322. The van der Waals surface area contributed by atoms with E-state index in [1.54, 1.807) is 0 Å². The van der Waals surface area contributed by atoms with Gasteiger partial charge in [0, 0.05) is 32.2 Å². The fourth-order valence-electron chi connectivity index (χ4n) is 1.91. The molecule has 1 atom stereocenters. The molecule has 1 aliphatic heterocycles. The standard InChI is InChI=1S/C12H24N2O2/c1-3-16-10-11(2)13-7-5-9-14-8-4-6-12(14)15/h11,13H,3-10H2,1-2H3. The van der Waals surface area contributed by atoms with Gasteiger partial charge in [0.05, 0.1) is 6.61 Å². The lowest BCUT2D eigenvalue weighted by molar-refractivity contribution is -0.127. The number of carbonyl (C=O) groups excluding carboxylic acids is 1. The van der Waals surface area contributed by atoms with Gasteiger partial charge in [-0.1, -0.05) is 0 Å². The number of hydrogen-bond donors (Lipinski definition) is 1. The van der Waals surface area contributed by atoms with Gasteiger partial charge in [-0.25, -0.2) is 0 Å². The van der Waals surface area contributed by atoms with Crippen molar-refractivity contribution in [2.45, 2.75) is 39.2 Å². The monoisotopic (exact) mass is 228 g/mol. The Morgan fingerprint density at radius 1 is 1.56 bits per heavy atom. The highest BCUT2D eigenvalue weighted by Gasteiger charge is 2.18. The predicted molar refractivity (Wildman–Crippen MR) is 64.4 cm³/mol. The zero-order valence-electron chi connectivity index (χ0n) is 10.5. The molecule has 1 aliphatic rings. The number of rotatable bonds is 8. The summed E-state index contributed by atoms with van der Waals surface area (Å²) < 4.78 is 5.32. The lowest BCUT2D eigenvalue weighted by atomic mass is 10.3. The topological polar surface area (TPSA) is 41.6 Å². The Labute approximate surface area is 98.3 Å². The highest BCUT2D eigenvalue weighted by Crippen LogP contribution is 2.09. The van der Waals surface area contributed by atoms with Crippen molar-refractivity contribution in [2.75, 3.05) is 32.8 Å². The number of nitrogens with one attached hydrogen (secondary N) is 1. The first-order valence-corrected chi connectivity index (χ1v) is 6.33. The van der Waals surface area contributed by atoms with Crippen LogP contribution in [0.5, 0.6) is 0 Å². The molecule has 0 aromatic carbocycles. The molecule has 4 nitrogen and oxygen atoms in total. The van der Waals surface area contributed by atoms with Gasteiger partial charge in [-0.15, -0.1) is 0 Å². The Balaban J connectivity index is 1.96. The van der Waals surface area contributed by atoms with Crippen LogP contribution in [-0.2, 0) is 9.53 Å². The van der Waals surface area contributed by atoms with Crippen LogP contribution < -0.4 is 5.32 Å². The Kier molecular flexibility index (Phi) is 6.42. The van der Waals surface area contributed by atoms with Crippen LogP contribution in [0.3, 0.4) is 0 Å². The van der Waals surface area contributed by atoms with Crippen LogP contribution in [0.1, 0.15) is 33.1 Å². The molecular formula is C12H24N2O2. The van der Waals surface area contributed by atoms with E-state index in [-0.39, 0.29) is 0 Å². The molecule has 1 heterocycles. The third-order valence-electron chi connectivity index (χ3n) is 2.84. The van der Waals surface area contributed by atoms with Crippen molar-refractivity contribution < 1.29 is 9.53 Å². The van der Waals surface area contributed by atoms with Gasteiger partial charge >= 0.3 is 0 Å². The van der Waals surface area contributed by atoms with Crippen molar-refractivity contribution >= 4 is 5.91 Å². The van der Waals surface area contributed by atoms with Gasteiger partial charge in [-0.05, 0) is 33.2 Å². The number of ether oxygens (including phenoxy) is 1. The molecule has 1 amide bonds. The van der Waals surface area contributed by atoms with Crippen molar-refractivity contribution in [3.63, 3.8) is 0 Å². The molecule has 1 N–H and O–H groups in total. The summed E-state index contributed by atoms with van der Waals surface area (Å²) in [5, 5.41) is 3.39. The van der Waals surface area contributed by atoms with Gasteiger partial charge in [-0.2, -0.15) is 0 Å². The van der Waals surface area contributed by atoms with Crippen molar-refractivity contribution in [3.05, 3.63) is 0 Å². The summed E-state index contributed by atoms with van der Waals surface area (Å²) >= 11 is 0. The summed E-state index contributed by atoms with van der Waals surface area (Å²) in [5.41, 5.74) is 0. The largest absolute Gasteiger partial charge is 0.380 e. The maximum absolute atomic E-state index is 11.3. The second kappa shape index (κ2) is 7.63. The van der Waals surface area contributed by atoms with E-state index in [2.05, 4.69) is 12.2 Å². The van der Waals surface area contributed by atoms with Crippen molar-refractivity contribution in [3.8, 4) is 0 Å². The van der Waals surface area contributed by atoms with E-state index < -0.39 is 0 Å². The van der Waals surface area contributed by atoms with Crippen molar-refractivity contribution in [2.24, 2.45) is 0 Å². The van der Waals surface area contributed by atoms with Gasteiger partial charge in [0.15, 0.2) is 0 Å². The normalized spacial score (nSPS) is 18.1. The highest BCUT2D eigenvalue weighted by atomic mass is 16.5. The van der Waals surface area contributed by atoms with E-state index in [9.17, 15) is 4.79 Å². The lowest BCUT2D eigenvalue weighted by Crippen LogP contribution is -2.34. The molecule has 0 aromatic heterocycles. The fraction of sp³-hybridized carbons (Fsp3) is 0.917. The van der Waals surface area contributed by atoms with Crippen LogP contribution in [0.25, 0.3) is 0 Å². The third kappa shape index (κ3) is 4.94. The first-order chi connectivity index (χ1) is 7.74. The minimum absolute atomic E-state index is 0.322. The quantitative estimate of drug-likeness (QED) is 0.631. The van der Waals surface area contributed by atoms with E-state index in [1.807, 2.05) is 11.8 Å². The number of hydrogen-bond acceptors (Lipinski definition) is 3. The SMILES string of the molecule is CCOCC(C)NCCCN1CCCC1=O. The molecule has 0 spiro atoms. The van der Waals surface area contributed by atoms with Gasteiger partial charge in [-0.3, -0.25) is 4.79 Å². The average Bonchev–Trinajstić information content (AvgIpc) is 2.67. The maximum Gasteiger partial charge on any atom is 0.222 e. The molecule has 1 unspecified atom stereocenters. The lowest BCUT2D eigenvalue weighted by Gasteiger charge is -2.17. The van der Waals surface area contributed by atoms with E-state index in [1.165, 1.54) is 0 Å². The minimum Gasteiger partial charge on any atom is -0.380 e. The zero-order valence-corrected chi connectivity index (χ0v) is 10.5. The van der Waals surface area contributed by atoms with Gasteiger partial charge in [0.1, 0.15) is 0 Å². The Morgan fingerprint density at radius 3 is 3.00 bits per heavy atom. The van der Waals surface area contributed by atoms with Gasteiger partial charge in [0.2, 0.25) is 5.91 Å². The van der Waals surface area contributed by atoms with Gasteiger partial charge in [0.25, 0.3) is 0 Å². The first-order valence-electron chi connectivity index (χ1n) is 6.33. The maximum atomic E-state index is 11.3. The van der Waals surface area contributed by atoms with Crippen LogP contribution in [0.15, 0.2) is 0 Å². The summed E-state index contributed by atoms with van der Waals surface area (Å²) in [7, 11) is 0. The van der Waals surface area contributed by atoms with Crippen LogP contribution >= 0.6 is 0 Å². The molecule has 1 fully saturated rings. The summed E-state index contributed by atoms with van der Waals surface area (Å²) in [6, 6.07) is 0.397. The molecule has 1 rings (SSSR count). The van der Waals surface area contributed by atoms with Crippen molar-refractivity contribution in [1.82, 2.24) is 10.2 Å². The van der Waals surface area contributed by atoms with E-state index in [0.717, 1.165) is 52.1 Å². The Bertz CT molecular complexity index is 209. The van der Waals surface area contributed by atoms with E-state index in [4.69, 9.17) is 4.74 Å². The summed E-state index contributed by atoms with van der Waals surface area (Å²) in [6.45, 7) is 8.47. The van der Waals surface area contributed by atoms with E-state index >= 15 is 0 Å². The molecule has 16 heavy (non-hydrogen) atoms. The molecule has 4 heteroatoms.